The number of hydrogen-bond donors (Lipinski definition) is 2. The Morgan fingerprint density at radius 1 is 1.17 bits per heavy atom. The lowest BCUT2D eigenvalue weighted by Crippen LogP contribution is -2.42. The standard InChI is InChI=1S/C16H15N3O5/c1-10-11(7-9-23-10)15(21)18-17-14(20)6-8-19-12-4-2-3-5-13(12)24-16(19)22/h2-5,7,9H,6,8H2,1H3,(H,17,20)(H,18,21). The quantitative estimate of drug-likeness (QED) is 0.703. The van der Waals surface area contributed by atoms with Crippen LogP contribution in [0.1, 0.15) is 22.5 Å². The predicted molar refractivity (Wildman–Crippen MR) is 84.1 cm³/mol. The third-order valence-electron chi connectivity index (χ3n) is 3.56. The molecule has 124 valence electrons. The topological polar surface area (TPSA) is 106 Å². The number of hydrazine groups is 1. The Morgan fingerprint density at radius 3 is 2.71 bits per heavy atom. The van der Waals surface area contributed by atoms with Gasteiger partial charge in [-0.1, -0.05) is 12.1 Å². The van der Waals surface area contributed by atoms with Crippen LogP contribution in [0.4, 0.5) is 0 Å². The van der Waals surface area contributed by atoms with E-state index in [1.54, 1.807) is 31.2 Å². The van der Waals surface area contributed by atoms with Crippen LogP contribution in [0.2, 0.25) is 0 Å². The van der Waals surface area contributed by atoms with Gasteiger partial charge in [-0.25, -0.2) is 4.79 Å². The molecule has 2 amide bonds. The number of carbonyl (C=O) groups is 2. The molecule has 0 aliphatic carbocycles. The average molecular weight is 329 g/mol. The number of nitrogens with one attached hydrogen (secondary N) is 2. The van der Waals surface area contributed by atoms with E-state index >= 15 is 0 Å². The van der Waals surface area contributed by atoms with Gasteiger partial charge in [0.1, 0.15) is 5.76 Å². The lowest BCUT2D eigenvalue weighted by Gasteiger charge is -2.07. The second kappa shape index (κ2) is 6.45. The lowest BCUT2D eigenvalue weighted by atomic mass is 10.2. The molecule has 0 unspecified atom stereocenters. The third-order valence-corrected chi connectivity index (χ3v) is 3.56. The highest BCUT2D eigenvalue weighted by atomic mass is 16.4. The summed E-state index contributed by atoms with van der Waals surface area (Å²) in [6.07, 6.45) is 1.40. The average Bonchev–Trinajstić information content (AvgIpc) is 3.13. The van der Waals surface area contributed by atoms with Crippen LogP contribution < -0.4 is 16.6 Å². The van der Waals surface area contributed by atoms with E-state index in [-0.39, 0.29) is 13.0 Å². The summed E-state index contributed by atoms with van der Waals surface area (Å²) in [5, 5.41) is 0. The minimum absolute atomic E-state index is 0.00802. The van der Waals surface area contributed by atoms with Crippen molar-refractivity contribution in [1.29, 1.82) is 0 Å². The van der Waals surface area contributed by atoms with Gasteiger partial charge >= 0.3 is 5.76 Å². The summed E-state index contributed by atoms with van der Waals surface area (Å²) in [6, 6.07) is 8.47. The first-order valence-corrected chi connectivity index (χ1v) is 7.28. The SMILES string of the molecule is Cc1occc1C(=O)NNC(=O)CCn1c(=O)oc2ccccc21. The van der Waals surface area contributed by atoms with Crippen LogP contribution in [0.15, 0.2) is 50.2 Å². The van der Waals surface area contributed by atoms with Crippen molar-refractivity contribution in [2.75, 3.05) is 0 Å². The molecule has 2 N–H and O–H groups in total. The zero-order valence-electron chi connectivity index (χ0n) is 12.9. The highest BCUT2D eigenvalue weighted by Crippen LogP contribution is 2.12. The van der Waals surface area contributed by atoms with Crippen LogP contribution in [-0.2, 0) is 11.3 Å². The van der Waals surface area contributed by atoms with Gasteiger partial charge in [-0.15, -0.1) is 0 Å². The van der Waals surface area contributed by atoms with E-state index in [9.17, 15) is 14.4 Å². The summed E-state index contributed by atoms with van der Waals surface area (Å²) in [6.45, 7) is 1.79. The van der Waals surface area contributed by atoms with E-state index in [1.807, 2.05) is 0 Å². The van der Waals surface area contributed by atoms with Gasteiger partial charge in [-0.3, -0.25) is 25.0 Å². The number of furan rings is 1. The van der Waals surface area contributed by atoms with Gasteiger partial charge in [0.2, 0.25) is 5.91 Å². The highest BCUT2D eigenvalue weighted by molar-refractivity contribution is 5.96. The first-order chi connectivity index (χ1) is 11.6. The Kier molecular flexibility index (Phi) is 4.19. The molecular weight excluding hydrogens is 314 g/mol. The second-order valence-electron chi connectivity index (χ2n) is 5.13. The number of benzene rings is 1. The molecule has 24 heavy (non-hydrogen) atoms. The molecule has 0 fully saturated rings. The van der Waals surface area contributed by atoms with Crippen LogP contribution in [0.3, 0.4) is 0 Å². The Labute approximate surface area is 136 Å². The van der Waals surface area contributed by atoms with E-state index in [0.29, 0.717) is 22.4 Å². The second-order valence-corrected chi connectivity index (χ2v) is 5.13. The van der Waals surface area contributed by atoms with Gasteiger partial charge in [-0.2, -0.15) is 0 Å². The van der Waals surface area contributed by atoms with Crippen molar-refractivity contribution < 1.29 is 18.4 Å². The Bertz CT molecular complexity index is 950. The number of carbonyl (C=O) groups excluding carboxylic acids is 2. The van der Waals surface area contributed by atoms with E-state index in [1.165, 1.54) is 16.9 Å². The third kappa shape index (κ3) is 3.07. The summed E-state index contributed by atoms with van der Waals surface area (Å²) in [4.78, 5) is 35.5. The predicted octanol–water partition coefficient (Wildman–Crippen LogP) is 1.35. The van der Waals surface area contributed by atoms with Crippen molar-refractivity contribution in [2.24, 2.45) is 0 Å². The van der Waals surface area contributed by atoms with Crippen LogP contribution in [-0.4, -0.2) is 16.4 Å². The fourth-order valence-corrected chi connectivity index (χ4v) is 2.32. The Morgan fingerprint density at radius 2 is 1.96 bits per heavy atom. The van der Waals surface area contributed by atoms with E-state index < -0.39 is 17.6 Å². The smallest absolute Gasteiger partial charge is 0.419 e. The monoisotopic (exact) mass is 329 g/mol. The molecule has 0 atom stereocenters. The maximum Gasteiger partial charge on any atom is 0.419 e. The Balaban J connectivity index is 1.58. The maximum atomic E-state index is 11.8. The molecule has 2 heterocycles. The van der Waals surface area contributed by atoms with Gasteiger partial charge in [0, 0.05) is 13.0 Å². The van der Waals surface area contributed by atoms with Crippen LogP contribution in [0, 0.1) is 6.92 Å². The van der Waals surface area contributed by atoms with Crippen LogP contribution in [0.5, 0.6) is 0 Å². The molecule has 3 rings (SSSR count). The number of hydrogen-bond acceptors (Lipinski definition) is 5. The van der Waals surface area contributed by atoms with Crippen LogP contribution in [0.25, 0.3) is 11.1 Å². The highest BCUT2D eigenvalue weighted by Gasteiger charge is 2.13. The zero-order valence-corrected chi connectivity index (χ0v) is 12.9. The molecular formula is C16H15N3O5. The molecule has 2 aromatic heterocycles. The van der Waals surface area contributed by atoms with E-state index in [4.69, 9.17) is 8.83 Å². The zero-order chi connectivity index (χ0) is 17.1. The molecule has 8 heteroatoms. The van der Waals surface area contributed by atoms with Gasteiger partial charge < -0.3 is 8.83 Å². The van der Waals surface area contributed by atoms with Gasteiger partial charge in [0.25, 0.3) is 5.91 Å². The fourth-order valence-electron chi connectivity index (χ4n) is 2.32. The first-order valence-electron chi connectivity index (χ1n) is 7.28. The first kappa shape index (κ1) is 15.6. The van der Waals surface area contributed by atoms with Gasteiger partial charge in [-0.05, 0) is 25.1 Å². The number of fused-ring (bicyclic) bond motifs is 1. The number of nitrogens with zero attached hydrogens (tertiary/aromatic N) is 1. The van der Waals surface area contributed by atoms with Crippen molar-refractivity contribution in [1.82, 2.24) is 15.4 Å². The molecule has 3 aromatic rings. The molecule has 0 aliphatic heterocycles. The molecule has 0 spiro atoms. The summed E-state index contributed by atoms with van der Waals surface area (Å²) < 4.78 is 11.5. The molecule has 0 radical (unpaired) electrons. The van der Waals surface area contributed by atoms with Crippen molar-refractivity contribution in [3.8, 4) is 0 Å². The summed E-state index contributed by atoms with van der Waals surface area (Å²) >= 11 is 0. The number of aromatic nitrogens is 1. The van der Waals surface area contributed by atoms with E-state index in [2.05, 4.69) is 10.9 Å². The maximum absolute atomic E-state index is 11.8. The molecule has 0 saturated carbocycles. The minimum Gasteiger partial charge on any atom is -0.469 e. The molecule has 8 nitrogen and oxygen atoms in total. The Hall–Kier alpha value is -3.29. The van der Waals surface area contributed by atoms with Crippen molar-refractivity contribution in [3.63, 3.8) is 0 Å². The van der Waals surface area contributed by atoms with Crippen molar-refractivity contribution >= 4 is 22.9 Å². The number of rotatable bonds is 4. The van der Waals surface area contributed by atoms with Gasteiger partial charge in [0.05, 0.1) is 17.3 Å². The van der Waals surface area contributed by atoms with Crippen molar-refractivity contribution in [2.45, 2.75) is 19.9 Å². The van der Waals surface area contributed by atoms with E-state index in [0.717, 1.165) is 0 Å². The minimum atomic E-state index is -0.526. The number of aryl methyl sites for hydroxylation is 2. The van der Waals surface area contributed by atoms with Crippen LogP contribution >= 0.6 is 0 Å². The molecule has 1 aromatic carbocycles. The fraction of sp³-hybridized carbons (Fsp3) is 0.188. The molecule has 0 aliphatic rings. The van der Waals surface area contributed by atoms with Gasteiger partial charge in [0.15, 0.2) is 5.58 Å². The number of oxazole rings is 1. The summed E-state index contributed by atoms with van der Waals surface area (Å²) in [7, 11) is 0. The lowest BCUT2D eigenvalue weighted by molar-refractivity contribution is -0.122. The molecule has 0 bridgehead atoms. The number of para-hydroxylation sites is 2. The van der Waals surface area contributed by atoms with Crippen molar-refractivity contribution in [3.05, 3.63) is 58.5 Å². The normalized spacial score (nSPS) is 10.7. The summed E-state index contributed by atoms with van der Waals surface area (Å²) in [5.41, 5.74) is 6.02. The summed E-state index contributed by atoms with van der Waals surface area (Å²) in [5.74, 6) is -0.970. The largest absolute Gasteiger partial charge is 0.469 e. The molecule has 0 saturated heterocycles. The number of amides is 2.